The summed E-state index contributed by atoms with van der Waals surface area (Å²) < 4.78 is 0. The molecule has 102 valence electrons. The van der Waals surface area contributed by atoms with Gasteiger partial charge in [0.2, 0.25) is 0 Å². The number of carboxylic acid groups (broad SMARTS) is 1. The zero-order chi connectivity index (χ0) is 14.1. The molecule has 0 fully saturated rings. The van der Waals surface area contributed by atoms with E-state index >= 15 is 0 Å². The Hall–Kier alpha value is -2.56. The van der Waals surface area contributed by atoms with Crippen molar-refractivity contribution in [1.82, 2.24) is 9.88 Å². The van der Waals surface area contributed by atoms with Gasteiger partial charge in [-0.25, -0.2) is 4.79 Å². The number of carboxylic acids is 1. The molecule has 1 aromatic heterocycles. The van der Waals surface area contributed by atoms with E-state index < -0.39 is 12.0 Å². The Morgan fingerprint density at radius 3 is 2.70 bits per heavy atom. The first-order valence-electron chi connectivity index (χ1n) is 6.43. The lowest BCUT2D eigenvalue weighted by Crippen LogP contribution is -2.43. The van der Waals surface area contributed by atoms with Crippen LogP contribution >= 0.6 is 0 Å². The Morgan fingerprint density at radius 2 is 2.00 bits per heavy atom. The van der Waals surface area contributed by atoms with Gasteiger partial charge in [0.15, 0.2) is 6.04 Å². The lowest BCUT2D eigenvalue weighted by Gasteiger charge is -2.34. The monoisotopic (exact) mass is 270 g/mol. The van der Waals surface area contributed by atoms with E-state index in [4.69, 9.17) is 0 Å². The molecular weight excluding hydrogens is 256 g/mol. The summed E-state index contributed by atoms with van der Waals surface area (Å²) in [5.74, 6) is -1.28. The molecule has 2 N–H and O–H groups in total. The van der Waals surface area contributed by atoms with Crippen molar-refractivity contribution in [3.8, 4) is 0 Å². The summed E-state index contributed by atoms with van der Waals surface area (Å²) >= 11 is 0. The predicted octanol–water partition coefficient (Wildman–Crippen LogP) is 1.84. The highest BCUT2D eigenvalue weighted by molar-refractivity contribution is 5.95. The molecule has 0 saturated carbocycles. The number of benzene rings is 1. The zero-order valence-corrected chi connectivity index (χ0v) is 10.7. The Balaban J connectivity index is 2.01. The van der Waals surface area contributed by atoms with E-state index in [0.29, 0.717) is 24.2 Å². The van der Waals surface area contributed by atoms with Crippen molar-refractivity contribution in [3.05, 3.63) is 59.4 Å². The maximum atomic E-state index is 12.4. The van der Waals surface area contributed by atoms with Crippen LogP contribution in [0.15, 0.2) is 42.6 Å². The fourth-order valence-electron chi connectivity index (χ4n) is 2.67. The van der Waals surface area contributed by atoms with Crippen LogP contribution in [-0.4, -0.2) is 33.4 Å². The molecular formula is C15H14N2O3. The van der Waals surface area contributed by atoms with E-state index in [9.17, 15) is 14.7 Å². The molecule has 1 aliphatic heterocycles. The molecule has 5 nitrogen and oxygen atoms in total. The van der Waals surface area contributed by atoms with Crippen LogP contribution < -0.4 is 0 Å². The summed E-state index contributed by atoms with van der Waals surface area (Å²) in [6, 6.07) is 9.85. The summed E-state index contributed by atoms with van der Waals surface area (Å²) in [5, 5.41) is 9.50. The Morgan fingerprint density at radius 1 is 1.20 bits per heavy atom. The normalized spacial score (nSPS) is 17.6. The number of fused-ring (bicyclic) bond motifs is 1. The summed E-state index contributed by atoms with van der Waals surface area (Å²) in [6.07, 6.45) is 2.33. The fourth-order valence-corrected chi connectivity index (χ4v) is 2.67. The Labute approximate surface area is 115 Å². The molecule has 1 aliphatic rings. The van der Waals surface area contributed by atoms with Gasteiger partial charge in [-0.15, -0.1) is 0 Å². The Kier molecular flexibility index (Phi) is 3.02. The van der Waals surface area contributed by atoms with Gasteiger partial charge in [0.1, 0.15) is 5.69 Å². The van der Waals surface area contributed by atoms with E-state index in [1.54, 1.807) is 30.5 Å². The van der Waals surface area contributed by atoms with Crippen molar-refractivity contribution in [3.63, 3.8) is 0 Å². The highest BCUT2D eigenvalue weighted by atomic mass is 16.4. The van der Waals surface area contributed by atoms with Crippen LogP contribution in [0.5, 0.6) is 0 Å². The molecule has 2 heterocycles. The Bertz CT molecular complexity index is 649. The molecule has 1 unspecified atom stereocenters. The number of amides is 1. The van der Waals surface area contributed by atoms with E-state index in [2.05, 4.69) is 4.98 Å². The van der Waals surface area contributed by atoms with Crippen LogP contribution in [0.3, 0.4) is 0 Å². The topological polar surface area (TPSA) is 73.4 Å². The molecule has 0 spiro atoms. The van der Waals surface area contributed by atoms with E-state index in [0.717, 1.165) is 5.56 Å². The number of hydrogen-bond donors (Lipinski definition) is 2. The number of aliphatic carboxylic acids is 1. The molecule has 2 aromatic rings. The lowest BCUT2D eigenvalue weighted by molar-refractivity contribution is -0.143. The molecule has 20 heavy (non-hydrogen) atoms. The van der Waals surface area contributed by atoms with E-state index in [-0.39, 0.29) is 5.91 Å². The second-order valence-corrected chi connectivity index (χ2v) is 4.77. The van der Waals surface area contributed by atoms with Crippen molar-refractivity contribution >= 4 is 11.9 Å². The van der Waals surface area contributed by atoms with Gasteiger partial charge in [0.05, 0.1) is 0 Å². The number of aromatic amines is 1. The largest absolute Gasteiger partial charge is 0.479 e. The van der Waals surface area contributed by atoms with Crippen LogP contribution in [0.25, 0.3) is 0 Å². The average molecular weight is 270 g/mol. The summed E-state index contributed by atoms with van der Waals surface area (Å²) in [6.45, 7) is 0.409. The minimum absolute atomic E-state index is 0.281. The first kappa shape index (κ1) is 12.5. The SMILES string of the molecule is O=C(O)C1c2ccccc2CCN1C(=O)c1ccc[nH]1. The lowest BCUT2D eigenvalue weighted by atomic mass is 9.92. The third kappa shape index (κ3) is 1.97. The van der Waals surface area contributed by atoms with Crippen molar-refractivity contribution in [2.45, 2.75) is 12.5 Å². The van der Waals surface area contributed by atoms with Crippen LogP contribution in [0.4, 0.5) is 0 Å². The molecule has 1 aromatic carbocycles. The fraction of sp³-hybridized carbons (Fsp3) is 0.200. The smallest absolute Gasteiger partial charge is 0.331 e. The number of rotatable bonds is 2. The summed E-state index contributed by atoms with van der Waals surface area (Å²) in [4.78, 5) is 28.3. The second kappa shape index (κ2) is 4.85. The molecule has 0 bridgehead atoms. The molecule has 0 saturated heterocycles. The third-order valence-corrected chi connectivity index (χ3v) is 3.61. The second-order valence-electron chi connectivity index (χ2n) is 4.77. The van der Waals surface area contributed by atoms with Crippen LogP contribution in [0.2, 0.25) is 0 Å². The zero-order valence-electron chi connectivity index (χ0n) is 10.7. The quantitative estimate of drug-likeness (QED) is 0.874. The number of H-pyrrole nitrogens is 1. The maximum absolute atomic E-state index is 12.4. The van der Waals surface area contributed by atoms with Gasteiger partial charge in [0, 0.05) is 12.7 Å². The van der Waals surface area contributed by atoms with Gasteiger partial charge >= 0.3 is 5.97 Å². The standard InChI is InChI=1S/C15H14N2O3/c18-14(12-6-3-8-16-12)17-9-7-10-4-1-2-5-11(10)13(17)15(19)20/h1-6,8,13,16H,7,9H2,(H,19,20). The number of carbonyl (C=O) groups excluding carboxylic acids is 1. The van der Waals surface area contributed by atoms with Gasteiger partial charge in [-0.2, -0.15) is 0 Å². The minimum atomic E-state index is -1.00. The van der Waals surface area contributed by atoms with Gasteiger partial charge in [-0.3, -0.25) is 4.79 Å². The van der Waals surface area contributed by atoms with E-state index in [1.807, 2.05) is 12.1 Å². The third-order valence-electron chi connectivity index (χ3n) is 3.61. The van der Waals surface area contributed by atoms with Crippen molar-refractivity contribution in [2.24, 2.45) is 0 Å². The van der Waals surface area contributed by atoms with Crippen LogP contribution in [-0.2, 0) is 11.2 Å². The van der Waals surface area contributed by atoms with Gasteiger partial charge in [0.25, 0.3) is 5.91 Å². The van der Waals surface area contributed by atoms with Crippen molar-refractivity contribution in [2.75, 3.05) is 6.54 Å². The molecule has 5 heteroatoms. The van der Waals surface area contributed by atoms with Gasteiger partial charge < -0.3 is 15.0 Å². The first-order chi connectivity index (χ1) is 9.68. The number of carbonyl (C=O) groups is 2. The molecule has 1 atom stereocenters. The molecule has 0 aliphatic carbocycles. The average Bonchev–Trinajstić information content (AvgIpc) is 2.99. The van der Waals surface area contributed by atoms with Crippen LogP contribution in [0.1, 0.15) is 27.7 Å². The first-order valence-corrected chi connectivity index (χ1v) is 6.43. The van der Waals surface area contributed by atoms with Crippen molar-refractivity contribution in [1.29, 1.82) is 0 Å². The molecule has 0 radical (unpaired) electrons. The molecule has 3 rings (SSSR count). The minimum Gasteiger partial charge on any atom is -0.479 e. The number of nitrogens with zero attached hydrogens (tertiary/aromatic N) is 1. The number of aromatic nitrogens is 1. The van der Waals surface area contributed by atoms with Gasteiger partial charge in [-0.05, 0) is 29.7 Å². The van der Waals surface area contributed by atoms with Crippen molar-refractivity contribution < 1.29 is 14.7 Å². The summed E-state index contributed by atoms with van der Waals surface area (Å²) in [7, 11) is 0. The maximum Gasteiger partial charge on any atom is 0.331 e. The summed E-state index contributed by atoms with van der Waals surface area (Å²) in [5.41, 5.74) is 2.11. The molecule has 1 amide bonds. The highest BCUT2D eigenvalue weighted by Crippen LogP contribution is 2.30. The van der Waals surface area contributed by atoms with Crippen LogP contribution in [0, 0.1) is 0 Å². The number of hydrogen-bond acceptors (Lipinski definition) is 2. The highest BCUT2D eigenvalue weighted by Gasteiger charge is 2.36. The van der Waals surface area contributed by atoms with Gasteiger partial charge in [-0.1, -0.05) is 24.3 Å². The van der Waals surface area contributed by atoms with E-state index in [1.165, 1.54) is 4.90 Å². The number of nitrogens with one attached hydrogen (secondary N) is 1. The predicted molar refractivity (Wildman–Crippen MR) is 72.4 cm³/mol.